The number of guanidine groups is 1. The zero-order valence-electron chi connectivity index (χ0n) is 17.4. The van der Waals surface area contributed by atoms with Gasteiger partial charge in [0.25, 0.3) is 0 Å². The van der Waals surface area contributed by atoms with E-state index in [1.54, 1.807) is 18.1 Å². The molecule has 144 valence electrons. The Balaban J connectivity index is 0. The lowest BCUT2D eigenvalue weighted by molar-refractivity contribution is 0.307. The van der Waals surface area contributed by atoms with E-state index in [1.165, 1.54) is 5.57 Å². The first kappa shape index (κ1) is 25.3. The summed E-state index contributed by atoms with van der Waals surface area (Å²) in [6.07, 6.45) is 14.1. The summed E-state index contributed by atoms with van der Waals surface area (Å²) in [5, 5.41) is 7.56. The van der Waals surface area contributed by atoms with Gasteiger partial charge in [0.1, 0.15) is 5.76 Å². The summed E-state index contributed by atoms with van der Waals surface area (Å²) in [7, 11) is 3.44. The molecule has 0 aromatic carbocycles. The van der Waals surface area contributed by atoms with Crippen LogP contribution in [0.4, 0.5) is 0 Å². The van der Waals surface area contributed by atoms with Crippen LogP contribution in [-0.4, -0.2) is 25.0 Å². The van der Waals surface area contributed by atoms with Crippen molar-refractivity contribution in [2.24, 2.45) is 11.1 Å². The Hall–Kier alpha value is -1.97. The van der Waals surface area contributed by atoms with Gasteiger partial charge >= 0.3 is 0 Å². The van der Waals surface area contributed by atoms with Crippen molar-refractivity contribution in [3.05, 3.63) is 48.4 Å². The molecule has 3 N–H and O–H groups in total. The van der Waals surface area contributed by atoms with Crippen molar-refractivity contribution in [2.45, 2.75) is 60.3 Å². The number of nitrogens with one attached hydrogen (secondary N) is 1. The van der Waals surface area contributed by atoms with Crippen LogP contribution in [0, 0.1) is 10.8 Å². The van der Waals surface area contributed by atoms with E-state index in [4.69, 9.17) is 15.9 Å². The minimum atomic E-state index is -0.0784. The van der Waals surface area contributed by atoms with E-state index in [0.717, 1.165) is 31.4 Å². The lowest BCUT2D eigenvalue weighted by Crippen LogP contribution is -2.30. The third kappa shape index (κ3) is 9.80. The van der Waals surface area contributed by atoms with Gasteiger partial charge in [0.15, 0.2) is 5.96 Å². The molecule has 0 aromatic rings. The largest absolute Gasteiger partial charge is 0.497 e. The first-order chi connectivity index (χ1) is 11.8. The molecule has 0 radical (unpaired) electrons. The number of hydrogen-bond donors (Lipinski definition) is 2. The molecular formula is C21H39N3O. The van der Waals surface area contributed by atoms with E-state index in [-0.39, 0.29) is 11.4 Å². The molecule has 0 saturated heterocycles. The molecule has 1 atom stereocenters. The Kier molecular flexibility index (Phi) is 14.5. The summed E-state index contributed by atoms with van der Waals surface area (Å²) in [5.74, 6) is 0.785. The van der Waals surface area contributed by atoms with Crippen LogP contribution in [0.1, 0.15) is 60.3 Å². The van der Waals surface area contributed by atoms with Gasteiger partial charge in [-0.05, 0) is 30.6 Å². The molecule has 0 bridgehead atoms. The van der Waals surface area contributed by atoms with Gasteiger partial charge in [-0.15, -0.1) is 0 Å². The Bertz CT molecular complexity index is 478. The molecule has 0 aliphatic carbocycles. The maximum absolute atomic E-state index is 7.56. The second-order valence-corrected chi connectivity index (χ2v) is 5.86. The van der Waals surface area contributed by atoms with Gasteiger partial charge in [0.2, 0.25) is 0 Å². The third-order valence-corrected chi connectivity index (χ3v) is 4.06. The molecule has 0 saturated carbocycles. The third-order valence-electron chi connectivity index (χ3n) is 4.06. The monoisotopic (exact) mass is 349 g/mol. The van der Waals surface area contributed by atoms with Gasteiger partial charge in [-0.25, -0.2) is 0 Å². The molecule has 0 amide bonds. The van der Waals surface area contributed by atoms with Crippen molar-refractivity contribution in [2.75, 3.05) is 14.2 Å². The van der Waals surface area contributed by atoms with Gasteiger partial charge in [-0.2, -0.15) is 0 Å². The normalized spacial score (nSPS) is 14.4. The van der Waals surface area contributed by atoms with E-state index in [9.17, 15) is 0 Å². The van der Waals surface area contributed by atoms with Crippen LogP contribution < -0.4 is 5.73 Å². The van der Waals surface area contributed by atoms with Gasteiger partial charge in [0.05, 0.1) is 7.11 Å². The predicted octanol–water partition coefficient (Wildman–Crippen LogP) is 5.60. The van der Waals surface area contributed by atoms with Crippen LogP contribution in [0.2, 0.25) is 0 Å². The number of unbranched alkanes of at least 4 members (excludes halogenated alkanes) is 1. The Morgan fingerprint density at radius 2 is 1.92 bits per heavy atom. The number of hydrogen-bond acceptors (Lipinski definition) is 2. The molecular weight excluding hydrogens is 310 g/mol. The number of methoxy groups -OCH3 is 1. The second kappa shape index (κ2) is 14.4. The predicted molar refractivity (Wildman–Crippen MR) is 111 cm³/mol. The Morgan fingerprint density at radius 3 is 2.32 bits per heavy atom. The standard InChI is InChI=1S/C19H33N3O.C2H6/c1-7-10-13-19(4,14-11-12-17(9-3)23-6)16(8-2)15-22(5)18(20)21;1-2/h9,11-12,14-15H,3,7-8,10,13H2,1-2,4-6H3,(H3,20,21);1-2H3/b14-11+,16-15+,17-12+;. The van der Waals surface area contributed by atoms with Crippen molar-refractivity contribution >= 4 is 5.96 Å². The highest BCUT2D eigenvalue weighted by atomic mass is 16.5. The van der Waals surface area contributed by atoms with Crippen LogP contribution in [0.5, 0.6) is 0 Å². The Morgan fingerprint density at radius 1 is 1.32 bits per heavy atom. The lowest BCUT2D eigenvalue weighted by Gasteiger charge is -2.30. The van der Waals surface area contributed by atoms with Gasteiger partial charge in [-0.3, -0.25) is 5.41 Å². The van der Waals surface area contributed by atoms with Crippen molar-refractivity contribution in [1.82, 2.24) is 4.90 Å². The second-order valence-electron chi connectivity index (χ2n) is 5.86. The minimum Gasteiger partial charge on any atom is -0.497 e. The summed E-state index contributed by atoms with van der Waals surface area (Å²) in [5.41, 5.74) is 6.74. The van der Waals surface area contributed by atoms with Gasteiger partial charge in [0, 0.05) is 18.7 Å². The highest BCUT2D eigenvalue weighted by Crippen LogP contribution is 2.36. The fourth-order valence-electron chi connectivity index (χ4n) is 2.42. The average Bonchev–Trinajstić information content (AvgIpc) is 2.62. The molecule has 0 aromatic heterocycles. The van der Waals surface area contributed by atoms with E-state index in [2.05, 4.69) is 33.4 Å². The lowest BCUT2D eigenvalue weighted by atomic mass is 9.76. The molecule has 4 heteroatoms. The van der Waals surface area contributed by atoms with Crippen molar-refractivity contribution in [1.29, 1.82) is 5.41 Å². The van der Waals surface area contributed by atoms with Crippen LogP contribution in [-0.2, 0) is 4.74 Å². The zero-order chi connectivity index (χ0) is 19.9. The molecule has 4 nitrogen and oxygen atoms in total. The van der Waals surface area contributed by atoms with Crippen LogP contribution in [0.3, 0.4) is 0 Å². The molecule has 0 rings (SSSR count). The fourth-order valence-corrected chi connectivity index (χ4v) is 2.42. The first-order valence-electron chi connectivity index (χ1n) is 9.18. The van der Waals surface area contributed by atoms with E-state index >= 15 is 0 Å². The van der Waals surface area contributed by atoms with Crippen molar-refractivity contribution < 1.29 is 4.74 Å². The van der Waals surface area contributed by atoms with Gasteiger partial charge in [-0.1, -0.05) is 66.2 Å². The summed E-state index contributed by atoms with van der Waals surface area (Å²) in [6.45, 7) is 14.3. The van der Waals surface area contributed by atoms with E-state index < -0.39 is 0 Å². The maximum atomic E-state index is 7.56. The number of allylic oxidation sites excluding steroid dienone is 5. The molecule has 1 unspecified atom stereocenters. The highest BCUT2D eigenvalue weighted by Gasteiger charge is 2.24. The number of rotatable bonds is 10. The average molecular weight is 350 g/mol. The minimum absolute atomic E-state index is 0.0472. The molecule has 25 heavy (non-hydrogen) atoms. The molecule has 0 aliphatic rings. The van der Waals surface area contributed by atoms with Crippen LogP contribution in [0.15, 0.2) is 48.4 Å². The summed E-state index contributed by atoms with van der Waals surface area (Å²) >= 11 is 0. The smallest absolute Gasteiger partial charge is 0.192 e. The molecule has 0 aliphatic heterocycles. The van der Waals surface area contributed by atoms with Crippen molar-refractivity contribution in [3.8, 4) is 0 Å². The quantitative estimate of drug-likeness (QED) is 0.233. The summed E-state index contributed by atoms with van der Waals surface area (Å²) < 4.78 is 5.20. The molecule has 0 fully saturated rings. The Labute approximate surface area is 155 Å². The zero-order valence-corrected chi connectivity index (χ0v) is 17.4. The van der Waals surface area contributed by atoms with E-state index in [1.807, 2.05) is 39.2 Å². The number of nitrogens with zero attached hydrogens (tertiary/aromatic N) is 1. The molecule has 0 spiro atoms. The SMILES string of the molecule is C=C/C(=C\C=C\C(C)(CCCC)/C(=C/N(C)C(=N)N)CC)OC.CC. The highest BCUT2D eigenvalue weighted by molar-refractivity contribution is 5.75. The fraction of sp³-hybridized carbons (Fsp3) is 0.571. The maximum Gasteiger partial charge on any atom is 0.192 e. The van der Waals surface area contributed by atoms with E-state index in [0.29, 0.717) is 0 Å². The van der Waals surface area contributed by atoms with Crippen LogP contribution in [0.25, 0.3) is 0 Å². The van der Waals surface area contributed by atoms with Gasteiger partial charge < -0.3 is 15.4 Å². The van der Waals surface area contributed by atoms with Crippen molar-refractivity contribution in [3.63, 3.8) is 0 Å². The summed E-state index contributed by atoms with van der Waals surface area (Å²) in [4.78, 5) is 1.66. The number of ether oxygens (including phenoxy) is 1. The first-order valence-corrected chi connectivity index (χ1v) is 9.18. The number of nitrogens with two attached hydrogens (primary N) is 1. The molecule has 0 heterocycles. The van der Waals surface area contributed by atoms with Crippen LogP contribution >= 0.6 is 0 Å². The summed E-state index contributed by atoms with van der Waals surface area (Å²) in [6, 6.07) is 0. The topological polar surface area (TPSA) is 62.3 Å².